The maximum absolute atomic E-state index is 14.0. The molecule has 3 aromatic rings. The summed E-state index contributed by atoms with van der Waals surface area (Å²) in [6, 6.07) is 11.3. The number of aromatic nitrogens is 2. The van der Waals surface area contributed by atoms with Crippen LogP contribution in [-0.4, -0.2) is 45.4 Å². The van der Waals surface area contributed by atoms with E-state index in [4.69, 9.17) is 28.2 Å². The predicted molar refractivity (Wildman–Crippen MR) is 155 cm³/mol. The number of carbonyl (C=O) groups is 2. The zero-order valence-electron chi connectivity index (χ0n) is 22.9. The summed E-state index contributed by atoms with van der Waals surface area (Å²) in [5.74, 6) is -0.0388. The van der Waals surface area contributed by atoms with Crippen LogP contribution in [0.25, 0.3) is 5.69 Å². The lowest BCUT2D eigenvalue weighted by molar-refractivity contribution is 0.0653. The molecule has 0 fully saturated rings. The molecule has 4 rings (SSSR count). The molecular weight excluding hydrogens is 537 g/mol. The van der Waals surface area contributed by atoms with Crippen molar-refractivity contribution in [1.82, 2.24) is 19.8 Å². The Balaban J connectivity index is 1.79. The number of amides is 2. The van der Waals surface area contributed by atoms with Gasteiger partial charge >= 0.3 is 0 Å². The maximum Gasteiger partial charge on any atom is 0.263 e. The quantitative estimate of drug-likeness (QED) is 0.432. The molecule has 8 nitrogen and oxygen atoms in total. The van der Waals surface area contributed by atoms with E-state index in [2.05, 4.69) is 31.4 Å². The van der Waals surface area contributed by atoms with Crippen molar-refractivity contribution in [3.05, 3.63) is 85.2 Å². The summed E-state index contributed by atoms with van der Waals surface area (Å²) < 4.78 is 1.55. The molecule has 2 N–H and O–H groups in total. The molecule has 0 saturated heterocycles. The first-order valence-electron chi connectivity index (χ1n) is 12.8. The minimum absolute atomic E-state index is 0.0321. The maximum atomic E-state index is 14.0. The lowest BCUT2D eigenvalue weighted by Gasteiger charge is -2.35. The number of rotatable bonds is 5. The molecule has 0 spiro atoms. The second-order valence-electron chi connectivity index (χ2n) is 11.0. The predicted octanol–water partition coefficient (Wildman–Crippen LogP) is 5.33. The Labute approximate surface area is 238 Å². The molecule has 0 aliphatic carbocycles. The first-order chi connectivity index (χ1) is 18.3. The first kappa shape index (κ1) is 28.6. The average Bonchev–Trinajstić information content (AvgIpc) is 2.89. The van der Waals surface area contributed by atoms with Gasteiger partial charge in [0.1, 0.15) is 0 Å². The second-order valence-corrected chi connectivity index (χ2v) is 11.8. The highest BCUT2D eigenvalue weighted by Crippen LogP contribution is 2.29. The van der Waals surface area contributed by atoms with Crippen molar-refractivity contribution >= 4 is 41.0 Å². The lowest BCUT2D eigenvalue weighted by Crippen LogP contribution is -2.46. The van der Waals surface area contributed by atoms with Gasteiger partial charge in [-0.15, -0.1) is 0 Å². The number of nitrogens with one attached hydrogen (secondary N) is 2. The van der Waals surface area contributed by atoms with Gasteiger partial charge in [0.15, 0.2) is 0 Å². The SMILES string of the molecule is CNC(=O)c1ccc(-n2c(N[C@@H](C)C(C)(C)C)nc3c(c2=O)C[C@@H](C)N(C(=O)c2ccc(Cl)c(Cl)c2)C3)cc1. The molecule has 2 amide bonds. The summed E-state index contributed by atoms with van der Waals surface area (Å²) >= 11 is 12.2. The number of fused-ring (bicyclic) bond motifs is 1. The largest absolute Gasteiger partial charge is 0.355 e. The monoisotopic (exact) mass is 569 g/mol. The molecule has 1 aliphatic heterocycles. The van der Waals surface area contributed by atoms with Crippen LogP contribution in [0.15, 0.2) is 47.3 Å². The number of anilines is 1. The Bertz CT molecular complexity index is 1480. The van der Waals surface area contributed by atoms with Gasteiger partial charge in [-0.1, -0.05) is 44.0 Å². The highest BCUT2D eigenvalue weighted by molar-refractivity contribution is 6.42. The van der Waals surface area contributed by atoms with Crippen molar-refractivity contribution < 1.29 is 9.59 Å². The van der Waals surface area contributed by atoms with Crippen molar-refractivity contribution in [3.8, 4) is 5.69 Å². The Morgan fingerprint density at radius 2 is 1.69 bits per heavy atom. The van der Waals surface area contributed by atoms with Crippen LogP contribution in [0.3, 0.4) is 0 Å². The van der Waals surface area contributed by atoms with E-state index in [1.54, 1.807) is 59.0 Å². The Kier molecular flexibility index (Phi) is 8.09. The normalized spacial score (nSPS) is 15.9. The third-order valence-electron chi connectivity index (χ3n) is 7.30. The average molecular weight is 571 g/mol. The Morgan fingerprint density at radius 3 is 2.28 bits per heavy atom. The third kappa shape index (κ3) is 5.82. The van der Waals surface area contributed by atoms with E-state index in [0.717, 1.165) is 0 Å². The van der Waals surface area contributed by atoms with Crippen LogP contribution in [0, 0.1) is 5.41 Å². The summed E-state index contributed by atoms with van der Waals surface area (Å²) in [6.07, 6.45) is 0.347. The molecule has 0 radical (unpaired) electrons. The fraction of sp³-hybridized carbons (Fsp3) is 0.379. The molecule has 2 heterocycles. The van der Waals surface area contributed by atoms with Gasteiger partial charge in [-0.25, -0.2) is 9.55 Å². The van der Waals surface area contributed by atoms with Gasteiger partial charge in [0.05, 0.1) is 28.0 Å². The number of carbonyl (C=O) groups excluding carboxylic acids is 2. The van der Waals surface area contributed by atoms with E-state index in [9.17, 15) is 14.4 Å². The summed E-state index contributed by atoms with van der Waals surface area (Å²) in [7, 11) is 1.57. The van der Waals surface area contributed by atoms with Crippen molar-refractivity contribution in [2.45, 2.75) is 59.7 Å². The van der Waals surface area contributed by atoms with Crippen molar-refractivity contribution in [2.24, 2.45) is 5.41 Å². The molecule has 0 bridgehead atoms. The van der Waals surface area contributed by atoms with Crippen LogP contribution in [0.4, 0.5) is 5.95 Å². The van der Waals surface area contributed by atoms with Crippen molar-refractivity contribution in [3.63, 3.8) is 0 Å². The number of nitrogens with zero attached hydrogens (tertiary/aromatic N) is 3. The zero-order valence-corrected chi connectivity index (χ0v) is 24.4. The van der Waals surface area contributed by atoms with Gasteiger partial charge in [-0.05, 0) is 68.1 Å². The third-order valence-corrected chi connectivity index (χ3v) is 8.04. The van der Waals surface area contributed by atoms with E-state index in [0.29, 0.717) is 50.5 Å². The topological polar surface area (TPSA) is 96.3 Å². The standard InChI is InChI=1S/C29H33Cl2N5O3/c1-16-13-21-24(15-35(16)26(38)19-9-12-22(30)23(31)14-19)34-28(33-17(2)29(3,4)5)36(27(21)39)20-10-7-18(8-11-20)25(37)32-6/h7-12,14,16-17H,13,15H2,1-6H3,(H,32,37)(H,33,34)/t16-,17+/m1/s1. The van der Waals surface area contributed by atoms with Crippen LogP contribution in [-0.2, 0) is 13.0 Å². The van der Waals surface area contributed by atoms with Gasteiger partial charge in [0.2, 0.25) is 5.95 Å². The van der Waals surface area contributed by atoms with E-state index < -0.39 is 0 Å². The highest BCUT2D eigenvalue weighted by atomic mass is 35.5. The van der Waals surface area contributed by atoms with Crippen LogP contribution in [0.5, 0.6) is 0 Å². The minimum Gasteiger partial charge on any atom is -0.355 e. The second kappa shape index (κ2) is 11.0. The van der Waals surface area contributed by atoms with E-state index in [-0.39, 0.29) is 41.4 Å². The molecular formula is C29H33Cl2N5O3. The number of hydrogen-bond acceptors (Lipinski definition) is 5. The van der Waals surface area contributed by atoms with Crippen molar-refractivity contribution in [2.75, 3.05) is 12.4 Å². The number of halogens is 2. The number of benzene rings is 2. The zero-order chi connectivity index (χ0) is 28.6. The van der Waals surface area contributed by atoms with Gasteiger partial charge in [-0.2, -0.15) is 0 Å². The minimum atomic E-state index is -0.245. The molecule has 2 atom stereocenters. The molecule has 1 aromatic heterocycles. The van der Waals surface area contributed by atoms with Crippen molar-refractivity contribution in [1.29, 1.82) is 0 Å². The molecule has 1 aliphatic rings. The fourth-order valence-corrected chi connectivity index (χ4v) is 4.68. The van der Waals surface area contributed by atoms with Gasteiger partial charge in [0.25, 0.3) is 17.4 Å². The first-order valence-corrected chi connectivity index (χ1v) is 13.6. The van der Waals surface area contributed by atoms with Crippen LogP contribution < -0.4 is 16.2 Å². The number of hydrogen-bond donors (Lipinski definition) is 2. The highest BCUT2D eigenvalue weighted by Gasteiger charge is 2.33. The lowest BCUT2D eigenvalue weighted by atomic mass is 9.88. The summed E-state index contributed by atoms with van der Waals surface area (Å²) in [5.41, 5.74) is 2.29. The van der Waals surface area contributed by atoms with E-state index in [1.165, 1.54) is 0 Å². The summed E-state index contributed by atoms with van der Waals surface area (Å²) in [6.45, 7) is 10.4. The van der Waals surface area contributed by atoms with Crippen LogP contribution >= 0.6 is 23.2 Å². The Morgan fingerprint density at radius 1 is 1.05 bits per heavy atom. The molecule has 206 valence electrons. The summed E-state index contributed by atoms with van der Waals surface area (Å²) in [5, 5.41) is 6.71. The molecule has 2 aromatic carbocycles. The fourth-order valence-electron chi connectivity index (χ4n) is 4.38. The van der Waals surface area contributed by atoms with Gasteiger partial charge in [0, 0.05) is 35.8 Å². The van der Waals surface area contributed by atoms with Crippen LogP contribution in [0.1, 0.15) is 66.6 Å². The van der Waals surface area contributed by atoms with Crippen LogP contribution in [0.2, 0.25) is 10.0 Å². The molecule has 0 unspecified atom stereocenters. The summed E-state index contributed by atoms with van der Waals surface area (Å²) in [4.78, 5) is 46.1. The van der Waals surface area contributed by atoms with E-state index >= 15 is 0 Å². The Hall–Kier alpha value is -3.36. The smallest absolute Gasteiger partial charge is 0.263 e. The molecule has 0 saturated carbocycles. The molecule has 10 heteroatoms. The van der Waals surface area contributed by atoms with E-state index in [1.807, 2.05) is 13.8 Å². The van der Waals surface area contributed by atoms with Gasteiger partial charge < -0.3 is 15.5 Å². The van der Waals surface area contributed by atoms with Gasteiger partial charge in [-0.3, -0.25) is 14.4 Å². The molecule has 39 heavy (non-hydrogen) atoms.